The molecule has 8 rings (SSSR count). The molecule has 0 saturated heterocycles. The first-order chi connectivity index (χ1) is 21.4. The molecule has 0 aromatic rings. The first kappa shape index (κ1) is 30.8. The lowest BCUT2D eigenvalue weighted by atomic mass is 9.46. The highest BCUT2D eigenvalue weighted by molar-refractivity contribution is 6.02. The Labute approximate surface area is 269 Å². The van der Waals surface area contributed by atoms with Crippen LogP contribution in [0.3, 0.4) is 0 Å². The van der Waals surface area contributed by atoms with Gasteiger partial charge in [0.1, 0.15) is 11.6 Å². The van der Waals surface area contributed by atoms with Crippen LogP contribution in [0, 0.1) is 69.5 Å². The average Bonchev–Trinajstić information content (AvgIpc) is 3.49. The lowest BCUT2D eigenvalue weighted by molar-refractivity contribution is -0.133. The maximum absolute atomic E-state index is 12.4. The zero-order valence-electron chi connectivity index (χ0n) is 27.6. The maximum atomic E-state index is 12.4. The van der Waals surface area contributed by atoms with Crippen LogP contribution in [0.1, 0.15) is 111 Å². The number of carbonyl (C=O) groups is 4. The molecule has 4 nitrogen and oxygen atoms in total. The molecule has 0 N–H and O–H groups in total. The van der Waals surface area contributed by atoms with Crippen molar-refractivity contribution in [2.24, 2.45) is 57.2 Å². The van der Waals surface area contributed by atoms with E-state index in [0.29, 0.717) is 53.5 Å². The molecule has 0 aromatic carbocycles. The Morgan fingerprint density at radius 1 is 0.778 bits per heavy atom. The van der Waals surface area contributed by atoms with Crippen molar-refractivity contribution in [2.45, 2.75) is 111 Å². The van der Waals surface area contributed by atoms with Gasteiger partial charge in [0, 0.05) is 47.3 Å². The van der Waals surface area contributed by atoms with Gasteiger partial charge in [0.15, 0.2) is 11.6 Å². The van der Waals surface area contributed by atoms with Crippen LogP contribution in [-0.4, -0.2) is 23.1 Å². The number of hydrogen-bond acceptors (Lipinski definition) is 4. The van der Waals surface area contributed by atoms with E-state index in [-0.39, 0.29) is 33.2 Å². The minimum absolute atomic E-state index is 0.0541. The van der Waals surface area contributed by atoms with Crippen molar-refractivity contribution in [3.63, 3.8) is 0 Å². The molecule has 0 heterocycles. The Kier molecular flexibility index (Phi) is 7.27. The van der Waals surface area contributed by atoms with Gasteiger partial charge < -0.3 is 0 Å². The second kappa shape index (κ2) is 10.6. The quantitative estimate of drug-likeness (QED) is 0.283. The van der Waals surface area contributed by atoms with Crippen molar-refractivity contribution in [2.75, 3.05) is 0 Å². The summed E-state index contributed by atoms with van der Waals surface area (Å²) in [4.78, 5) is 48.6. The summed E-state index contributed by atoms with van der Waals surface area (Å²) in [6.45, 7) is 11.0. The molecule has 8 aliphatic rings. The zero-order chi connectivity index (χ0) is 31.9. The van der Waals surface area contributed by atoms with E-state index in [9.17, 15) is 19.2 Å². The molecule has 10 atom stereocenters. The Balaban J connectivity index is 0.000000145. The van der Waals surface area contributed by atoms with E-state index in [4.69, 9.17) is 6.42 Å². The van der Waals surface area contributed by atoms with Crippen LogP contribution in [-0.2, 0) is 19.2 Å². The Bertz CT molecular complexity index is 1520. The summed E-state index contributed by atoms with van der Waals surface area (Å²) in [6, 6.07) is 0. The lowest BCUT2D eigenvalue weighted by Gasteiger charge is -2.57. The minimum Gasteiger partial charge on any atom is -0.299 e. The number of hydrogen-bond donors (Lipinski definition) is 0. The fraction of sp³-hybridized carbons (Fsp3) is 0.659. The first-order valence-electron chi connectivity index (χ1n) is 17.7. The second-order valence-electron chi connectivity index (χ2n) is 16.7. The van der Waals surface area contributed by atoms with Crippen molar-refractivity contribution >= 4 is 23.1 Å². The van der Waals surface area contributed by atoms with Gasteiger partial charge >= 0.3 is 0 Å². The molecule has 45 heavy (non-hydrogen) atoms. The van der Waals surface area contributed by atoms with Gasteiger partial charge in [-0.25, -0.2) is 0 Å². The van der Waals surface area contributed by atoms with Gasteiger partial charge in [0.25, 0.3) is 0 Å². The van der Waals surface area contributed by atoms with Crippen molar-refractivity contribution in [3.8, 4) is 12.3 Å². The second-order valence-corrected chi connectivity index (χ2v) is 16.7. The van der Waals surface area contributed by atoms with Gasteiger partial charge in [-0.05, 0) is 124 Å². The van der Waals surface area contributed by atoms with E-state index in [1.165, 1.54) is 5.57 Å². The largest absolute Gasteiger partial charge is 0.299 e. The minimum atomic E-state index is -0.104. The first-order valence-corrected chi connectivity index (χ1v) is 17.7. The van der Waals surface area contributed by atoms with Gasteiger partial charge in [-0.1, -0.05) is 44.6 Å². The van der Waals surface area contributed by atoms with Crippen LogP contribution in [0.25, 0.3) is 0 Å². The number of allylic oxidation sites excluding steroid dienone is 6. The van der Waals surface area contributed by atoms with Crippen molar-refractivity contribution in [1.29, 1.82) is 0 Å². The van der Waals surface area contributed by atoms with Gasteiger partial charge in [0.05, 0.1) is 0 Å². The average molecular weight is 607 g/mol. The molecule has 6 saturated carbocycles. The summed E-state index contributed by atoms with van der Waals surface area (Å²) in [6.07, 6.45) is 26.6. The predicted molar refractivity (Wildman–Crippen MR) is 176 cm³/mol. The number of fused-ring (bicyclic) bond motifs is 10. The third kappa shape index (κ3) is 4.38. The summed E-state index contributed by atoms with van der Waals surface area (Å²) < 4.78 is 0. The van der Waals surface area contributed by atoms with Crippen LogP contribution in [0.4, 0.5) is 0 Å². The predicted octanol–water partition coefficient (Wildman–Crippen LogP) is 8.12. The third-order valence-electron chi connectivity index (χ3n) is 15.1. The molecule has 0 amide bonds. The van der Waals surface area contributed by atoms with E-state index in [1.54, 1.807) is 12.2 Å². The van der Waals surface area contributed by atoms with Crippen LogP contribution in [0.5, 0.6) is 0 Å². The Hall–Kier alpha value is -2.80. The van der Waals surface area contributed by atoms with Crippen molar-refractivity contribution in [3.05, 3.63) is 47.6 Å². The Morgan fingerprint density at radius 3 is 2.09 bits per heavy atom. The molecule has 0 spiro atoms. The summed E-state index contributed by atoms with van der Waals surface area (Å²) in [5.74, 6) is 7.59. The molecule has 0 radical (unpaired) electrons. The molecule has 6 fully saturated rings. The van der Waals surface area contributed by atoms with Crippen LogP contribution < -0.4 is 0 Å². The van der Waals surface area contributed by atoms with E-state index in [0.717, 1.165) is 94.6 Å². The fourth-order valence-electron chi connectivity index (χ4n) is 12.6. The lowest BCUT2D eigenvalue weighted by Crippen LogP contribution is -2.51. The molecule has 0 unspecified atom stereocenters. The molecule has 0 bridgehead atoms. The summed E-state index contributed by atoms with van der Waals surface area (Å²) in [5, 5.41) is 0. The molecular weight excluding hydrogens is 556 g/mol. The number of rotatable bonds is 1. The van der Waals surface area contributed by atoms with E-state index < -0.39 is 0 Å². The summed E-state index contributed by atoms with van der Waals surface area (Å²) >= 11 is 0. The van der Waals surface area contributed by atoms with E-state index in [2.05, 4.69) is 39.3 Å². The Morgan fingerprint density at radius 2 is 1.42 bits per heavy atom. The van der Waals surface area contributed by atoms with Gasteiger partial charge in [-0.3, -0.25) is 19.2 Å². The smallest absolute Gasteiger partial charge is 0.178 e. The summed E-state index contributed by atoms with van der Waals surface area (Å²) in [5.41, 5.74) is 3.40. The highest BCUT2D eigenvalue weighted by Gasteiger charge is 2.61. The van der Waals surface area contributed by atoms with Crippen LogP contribution in [0.2, 0.25) is 0 Å². The number of carbonyl (C=O) groups excluding carboxylic acids is 4. The third-order valence-corrected chi connectivity index (χ3v) is 15.1. The molecule has 238 valence electrons. The zero-order valence-corrected chi connectivity index (χ0v) is 27.6. The summed E-state index contributed by atoms with van der Waals surface area (Å²) in [7, 11) is 0. The highest BCUT2D eigenvalue weighted by Crippen LogP contribution is 2.66. The highest BCUT2D eigenvalue weighted by atomic mass is 16.1. The van der Waals surface area contributed by atoms with Crippen LogP contribution >= 0.6 is 0 Å². The molecule has 0 aromatic heterocycles. The molecule has 8 aliphatic carbocycles. The standard InChI is InChI=1S/C21H26O2.C20H24O2/c1-3-10-21-12-8-15(22)13-14(21)4-5-16-17-6-7-19(23)20(17,2)11-9-18(16)21;1-12-10-14-15-4-5-18(22)20(15,3)9-7-16(14)19(2)8-6-13(21)11-17(12)19/h1,13,16-18H,4-12H2,2H3;6,8,11,14-16H,1,4-5,7,9-10H2,2-3H3/t16-,17-,18-,20-,21-;14-,15-,16-,19+,20-/m00/s1. The normalized spacial score (nSPS) is 46.2. The van der Waals surface area contributed by atoms with Gasteiger partial charge in [0.2, 0.25) is 0 Å². The maximum Gasteiger partial charge on any atom is 0.178 e. The van der Waals surface area contributed by atoms with E-state index >= 15 is 0 Å². The molecule has 0 aliphatic heterocycles. The fourth-order valence-corrected chi connectivity index (χ4v) is 12.6. The number of terminal acetylenes is 1. The molecular formula is C41H50O4. The SMILES string of the molecule is C#CC[C@]12CCC(=O)C=C1CC[C@@H]1[C@@H]2CC[C@]2(C)C(=O)CC[C@@H]12.C=C1C[C@@H]2[C@H](CC[C@]3(C)C(=O)CC[C@@H]23)[C@@]2(C)C=CC(=O)C=C12. The van der Waals surface area contributed by atoms with Gasteiger partial charge in [-0.15, -0.1) is 12.3 Å². The molecule has 4 heteroatoms. The number of ketones is 4. The van der Waals surface area contributed by atoms with E-state index in [1.807, 2.05) is 6.08 Å². The number of Topliss-reactive ketones (excluding diaryl/α,β-unsaturated/α-hetero) is 2. The topological polar surface area (TPSA) is 68.3 Å². The van der Waals surface area contributed by atoms with Crippen molar-refractivity contribution < 1.29 is 19.2 Å². The monoisotopic (exact) mass is 606 g/mol. The van der Waals surface area contributed by atoms with Crippen molar-refractivity contribution in [1.82, 2.24) is 0 Å². The van der Waals surface area contributed by atoms with Gasteiger partial charge in [-0.2, -0.15) is 0 Å². The van der Waals surface area contributed by atoms with Crippen LogP contribution in [0.15, 0.2) is 47.6 Å².